The second kappa shape index (κ2) is 6.22. The molecule has 3 aromatic rings. The number of nitrogens with zero attached hydrogens (tertiary/aromatic N) is 1. The number of amides is 1. The van der Waals surface area contributed by atoms with Crippen molar-refractivity contribution in [2.45, 2.75) is 6.92 Å². The van der Waals surface area contributed by atoms with Crippen LogP contribution in [0.5, 0.6) is 0 Å². The minimum Gasteiger partial charge on any atom is -0.267 e. The van der Waals surface area contributed by atoms with Gasteiger partial charge in [-0.3, -0.25) is 4.79 Å². The van der Waals surface area contributed by atoms with Gasteiger partial charge >= 0.3 is 0 Å². The molecule has 3 rings (SSSR count). The molecule has 3 heteroatoms. The topological polar surface area (TPSA) is 41.5 Å². The fourth-order valence-electron chi connectivity index (χ4n) is 2.37. The van der Waals surface area contributed by atoms with Crippen molar-refractivity contribution in [1.29, 1.82) is 0 Å². The highest BCUT2D eigenvalue weighted by Crippen LogP contribution is 2.16. The number of nitrogens with one attached hydrogen (secondary N) is 1. The molecule has 0 aliphatic carbocycles. The molecule has 0 heterocycles. The van der Waals surface area contributed by atoms with Crippen LogP contribution in [0.15, 0.2) is 71.8 Å². The van der Waals surface area contributed by atoms with Crippen molar-refractivity contribution in [2.75, 3.05) is 0 Å². The molecular weight excluding hydrogens is 272 g/mol. The van der Waals surface area contributed by atoms with E-state index >= 15 is 0 Å². The summed E-state index contributed by atoms with van der Waals surface area (Å²) < 4.78 is 0. The SMILES string of the molecule is Cc1cccc(C(=O)N/N=C\c2cccc3ccccc23)c1. The molecular formula is C19H16N2O. The van der Waals surface area contributed by atoms with Crippen LogP contribution in [0.1, 0.15) is 21.5 Å². The Hall–Kier alpha value is -2.94. The van der Waals surface area contributed by atoms with E-state index in [4.69, 9.17) is 0 Å². The average Bonchev–Trinajstić information content (AvgIpc) is 2.55. The first-order valence-corrected chi connectivity index (χ1v) is 7.12. The van der Waals surface area contributed by atoms with E-state index in [1.54, 1.807) is 12.3 Å². The van der Waals surface area contributed by atoms with Crippen molar-refractivity contribution in [3.05, 3.63) is 83.4 Å². The summed E-state index contributed by atoms with van der Waals surface area (Å²) in [5.41, 5.74) is 5.20. The molecule has 0 saturated heterocycles. The monoisotopic (exact) mass is 288 g/mol. The average molecular weight is 288 g/mol. The van der Waals surface area contributed by atoms with Gasteiger partial charge in [0, 0.05) is 11.1 Å². The third-order valence-corrected chi connectivity index (χ3v) is 3.47. The van der Waals surface area contributed by atoms with Gasteiger partial charge < -0.3 is 0 Å². The van der Waals surface area contributed by atoms with Gasteiger partial charge in [-0.2, -0.15) is 5.10 Å². The maximum absolute atomic E-state index is 12.0. The number of fused-ring (bicyclic) bond motifs is 1. The van der Waals surface area contributed by atoms with Crippen LogP contribution < -0.4 is 5.43 Å². The van der Waals surface area contributed by atoms with Gasteiger partial charge in [0.15, 0.2) is 0 Å². The molecule has 0 atom stereocenters. The number of rotatable bonds is 3. The molecule has 3 nitrogen and oxygen atoms in total. The maximum Gasteiger partial charge on any atom is 0.271 e. The zero-order valence-electron chi connectivity index (χ0n) is 12.3. The molecule has 3 aromatic carbocycles. The molecule has 0 aliphatic rings. The Morgan fingerprint density at radius 3 is 2.64 bits per heavy atom. The summed E-state index contributed by atoms with van der Waals surface area (Å²) >= 11 is 0. The highest BCUT2D eigenvalue weighted by atomic mass is 16.2. The molecule has 0 spiro atoms. The number of aryl methyl sites for hydroxylation is 1. The summed E-state index contributed by atoms with van der Waals surface area (Å²) in [5.74, 6) is -0.208. The standard InChI is InChI=1S/C19H16N2O/c1-14-6-4-9-16(12-14)19(22)21-20-13-17-10-5-8-15-7-2-3-11-18(15)17/h2-13H,1H3,(H,21,22)/b20-13-. The van der Waals surface area contributed by atoms with E-state index in [1.165, 1.54) is 0 Å². The summed E-state index contributed by atoms with van der Waals surface area (Å²) in [6, 6.07) is 21.5. The van der Waals surface area contributed by atoms with Crippen LogP contribution in [-0.4, -0.2) is 12.1 Å². The van der Waals surface area contributed by atoms with Crippen molar-refractivity contribution in [1.82, 2.24) is 5.43 Å². The lowest BCUT2D eigenvalue weighted by Crippen LogP contribution is -2.17. The first-order valence-electron chi connectivity index (χ1n) is 7.12. The largest absolute Gasteiger partial charge is 0.271 e. The first kappa shape index (κ1) is 14.0. The molecule has 0 unspecified atom stereocenters. The Kier molecular flexibility index (Phi) is 3.97. The van der Waals surface area contributed by atoms with E-state index < -0.39 is 0 Å². The highest BCUT2D eigenvalue weighted by Gasteiger charge is 2.03. The molecule has 22 heavy (non-hydrogen) atoms. The van der Waals surface area contributed by atoms with Gasteiger partial charge in [-0.15, -0.1) is 0 Å². The molecule has 0 aromatic heterocycles. The molecule has 0 aliphatic heterocycles. The van der Waals surface area contributed by atoms with E-state index in [9.17, 15) is 4.79 Å². The summed E-state index contributed by atoms with van der Waals surface area (Å²) in [4.78, 5) is 12.0. The second-order valence-electron chi connectivity index (χ2n) is 5.14. The van der Waals surface area contributed by atoms with Crippen LogP contribution in [-0.2, 0) is 0 Å². The van der Waals surface area contributed by atoms with Gasteiger partial charge in [0.1, 0.15) is 0 Å². The smallest absolute Gasteiger partial charge is 0.267 e. The van der Waals surface area contributed by atoms with Crippen LogP contribution in [0.4, 0.5) is 0 Å². The minimum atomic E-state index is -0.208. The lowest BCUT2D eigenvalue weighted by molar-refractivity contribution is 0.0955. The van der Waals surface area contributed by atoms with Crippen LogP contribution in [0.3, 0.4) is 0 Å². The predicted molar refractivity (Wildman–Crippen MR) is 90.2 cm³/mol. The van der Waals surface area contributed by atoms with Gasteiger partial charge in [0.25, 0.3) is 5.91 Å². The summed E-state index contributed by atoms with van der Waals surface area (Å²) in [5, 5.41) is 6.33. The third kappa shape index (κ3) is 3.04. The van der Waals surface area contributed by atoms with Gasteiger partial charge in [0.2, 0.25) is 0 Å². The molecule has 0 radical (unpaired) electrons. The quantitative estimate of drug-likeness (QED) is 0.576. The van der Waals surface area contributed by atoms with Gasteiger partial charge in [0.05, 0.1) is 6.21 Å². The third-order valence-electron chi connectivity index (χ3n) is 3.47. The number of hydrogen-bond donors (Lipinski definition) is 1. The van der Waals surface area contributed by atoms with Crippen molar-refractivity contribution in [2.24, 2.45) is 5.10 Å². The zero-order chi connectivity index (χ0) is 15.4. The fourth-order valence-corrected chi connectivity index (χ4v) is 2.37. The lowest BCUT2D eigenvalue weighted by atomic mass is 10.1. The number of carbonyl (C=O) groups excluding carboxylic acids is 1. The van der Waals surface area contributed by atoms with Gasteiger partial charge in [-0.1, -0.05) is 60.2 Å². The maximum atomic E-state index is 12.0. The van der Waals surface area contributed by atoms with E-state index in [-0.39, 0.29) is 5.91 Å². The fraction of sp³-hybridized carbons (Fsp3) is 0.0526. The Morgan fingerprint density at radius 2 is 1.77 bits per heavy atom. The molecule has 0 saturated carbocycles. The molecule has 0 bridgehead atoms. The van der Waals surface area contributed by atoms with E-state index in [0.717, 1.165) is 21.9 Å². The van der Waals surface area contributed by atoms with Crippen LogP contribution in [0.25, 0.3) is 10.8 Å². The Morgan fingerprint density at radius 1 is 1.00 bits per heavy atom. The highest BCUT2D eigenvalue weighted by molar-refractivity contribution is 6.00. The number of carbonyl (C=O) groups is 1. The Balaban J connectivity index is 1.78. The summed E-state index contributed by atoms with van der Waals surface area (Å²) in [6.07, 6.45) is 1.68. The predicted octanol–water partition coefficient (Wildman–Crippen LogP) is 3.91. The number of hydrazone groups is 1. The van der Waals surface area contributed by atoms with Crippen molar-refractivity contribution in [3.63, 3.8) is 0 Å². The molecule has 1 N–H and O–H groups in total. The molecule has 1 amide bonds. The van der Waals surface area contributed by atoms with Crippen LogP contribution in [0.2, 0.25) is 0 Å². The van der Waals surface area contributed by atoms with E-state index in [2.05, 4.69) is 22.7 Å². The van der Waals surface area contributed by atoms with Crippen molar-refractivity contribution in [3.8, 4) is 0 Å². The minimum absolute atomic E-state index is 0.208. The van der Waals surface area contributed by atoms with Crippen molar-refractivity contribution < 1.29 is 4.79 Å². The Bertz CT molecular complexity index is 847. The van der Waals surface area contributed by atoms with Crippen molar-refractivity contribution >= 4 is 22.9 Å². The molecule has 108 valence electrons. The zero-order valence-corrected chi connectivity index (χ0v) is 12.3. The first-order chi connectivity index (χ1) is 10.7. The number of hydrogen-bond acceptors (Lipinski definition) is 2. The van der Waals surface area contributed by atoms with Crippen LogP contribution in [0, 0.1) is 6.92 Å². The summed E-state index contributed by atoms with van der Waals surface area (Å²) in [7, 11) is 0. The summed E-state index contributed by atoms with van der Waals surface area (Å²) in [6.45, 7) is 1.95. The van der Waals surface area contributed by atoms with Crippen LogP contribution >= 0.6 is 0 Å². The van der Waals surface area contributed by atoms with Gasteiger partial charge in [-0.25, -0.2) is 5.43 Å². The Labute approximate surface area is 129 Å². The number of benzene rings is 3. The normalized spacial score (nSPS) is 11.0. The second-order valence-corrected chi connectivity index (χ2v) is 5.14. The van der Waals surface area contributed by atoms with E-state index in [1.807, 2.05) is 55.5 Å². The molecule has 0 fully saturated rings. The van der Waals surface area contributed by atoms with E-state index in [0.29, 0.717) is 5.56 Å². The lowest BCUT2D eigenvalue weighted by Gasteiger charge is -2.02. The van der Waals surface area contributed by atoms with Gasteiger partial charge in [-0.05, 0) is 29.8 Å².